The Kier molecular flexibility index (Phi) is 8.15. The van der Waals surface area contributed by atoms with E-state index in [0.717, 1.165) is 10.7 Å². The second-order valence-corrected chi connectivity index (χ2v) is 9.67. The summed E-state index contributed by atoms with van der Waals surface area (Å²) in [6, 6.07) is 9.18. The Morgan fingerprint density at radius 1 is 1.27 bits per heavy atom. The molecular weight excluding hydrogens is 592 g/mol. The van der Waals surface area contributed by atoms with Crippen molar-refractivity contribution in [2.45, 2.75) is 19.4 Å². The van der Waals surface area contributed by atoms with Crippen molar-refractivity contribution in [3.05, 3.63) is 97.5 Å². The number of pyridine rings is 2. The average Bonchev–Trinajstić information content (AvgIpc) is 3.31. The molecule has 3 aromatic heterocycles. The maximum atomic E-state index is 15.5. The van der Waals surface area contributed by atoms with Crippen LogP contribution in [0.5, 0.6) is 5.75 Å². The molecule has 14 heteroatoms. The van der Waals surface area contributed by atoms with Gasteiger partial charge in [0.15, 0.2) is 11.9 Å². The minimum Gasteiger partial charge on any atom is -0.478 e. The van der Waals surface area contributed by atoms with Crippen molar-refractivity contribution in [3.8, 4) is 23.1 Å². The molecule has 3 heterocycles. The summed E-state index contributed by atoms with van der Waals surface area (Å²) in [6.07, 6.45) is 1.58. The number of benzene rings is 1. The molecule has 4 rings (SSSR count). The Hall–Kier alpha value is -4.77. The highest BCUT2D eigenvalue weighted by Crippen LogP contribution is 2.37. The highest BCUT2D eigenvalue weighted by atomic mass is 79.9. The fraction of sp³-hybridized carbons (Fsp3) is 0.192. The Morgan fingerprint density at radius 2 is 2.02 bits per heavy atom. The maximum Gasteiger partial charge on any atom is 0.406 e. The van der Waals surface area contributed by atoms with Crippen molar-refractivity contribution in [2.75, 3.05) is 14.1 Å². The molecular formula is C26H20BrF2N7O4. The third kappa shape index (κ3) is 5.79. The fourth-order valence-corrected chi connectivity index (χ4v) is 4.32. The largest absolute Gasteiger partial charge is 0.478 e. The van der Waals surface area contributed by atoms with Gasteiger partial charge in [0.25, 0.3) is 0 Å². The summed E-state index contributed by atoms with van der Waals surface area (Å²) < 4.78 is 37.2. The molecule has 0 spiro atoms. The number of nitriles is 1. The predicted molar refractivity (Wildman–Crippen MR) is 141 cm³/mol. The van der Waals surface area contributed by atoms with Crippen molar-refractivity contribution >= 4 is 27.8 Å². The van der Waals surface area contributed by atoms with E-state index in [1.54, 1.807) is 12.1 Å². The van der Waals surface area contributed by atoms with Crippen LogP contribution in [0.15, 0.2) is 53.3 Å². The molecule has 0 saturated carbocycles. The fourth-order valence-electron chi connectivity index (χ4n) is 4.01. The molecule has 204 valence electrons. The molecule has 0 aliphatic rings. The lowest BCUT2D eigenvalue weighted by Crippen LogP contribution is -2.29. The molecule has 11 nitrogen and oxygen atoms in total. The lowest BCUT2D eigenvalue weighted by atomic mass is 9.94. The van der Waals surface area contributed by atoms with Crippen LogP contribution in [0, 0.1) is 33.1 Å². The minimum atomic E-state index is -1.09. The molecule has 4 aromatic rings. The first-order valence-corrected chi connectivity index (χ1v) is 12.4. The van der Waals surface area contributed by atoms with Crippen LogP contribution in [-0.2, 0) is 6.42 Å². The summed E-state index contributed by atoms with van der Waals surface area (Å²) in [5, 5.41) is 24.8. The smallest absolute Gasteiger partial charge is 0.406 e. The topological polar surface area (TPSA) is 140 Å². The van der Waals surface area contributed by atoms with Gasteiger partial charge in [0.1, 0.15) is 23.8 Å². The van der Waals surface area contributed by atoms with Crippen molar-refractivity contribution < 1.29 is 23.2 Å². The quantitative estimate of drug-likeness (QED) is 0.199. The second-order valence-electron chi connectivity index (χ2n) is 8.75. The standard InChI is InChI=1S/C26H20BrF2N7O4/c1-14(40-22-8-16(27)13-32-25(22)36(38)39)20-9-17(28)10-21(29)23(20)24-15(5-4-6-31-24)7-19-11-18(12-30)33-35(19)26(37)34(2)3/h4-6,8-11,13-14H,7H2,1-3H3/t14-/m1/s1. The highest BCUT2D eigenvalue weighted by Gasteiger charge is 2.26. The van der Waals surface area contributed by atoms with E-state index in [0.29, 0.717) is 21.8 Å². The van der Waals surface area contributed by atoms with Gasteiger partial charge in [-0.3, -0.25) is 4.98 Å². The van der Waals surface area contributed by atoms with Gasteiger partial charge in [0, 0.05) is 50.0 Å². The first-order valence-electron chi connectivity index (χ1n) is 11.6. The summed E-state index contributed by atoms with van der Waals surface area (Å²) in [7, 11) is 3.06. The van der Waals surface area contributed by atoms with E-state index in [1.807, 2.05) is 6.07 Å². The zero-order valence-corrected chi connectivity index (χ0v) is 22.9. The van der Waals surface area contributed by atoms with E-state index >= 15 is 4.39 Å². The number of rotatable bonds is 7. The Balaban J connectivity index is 1.82. The van der Waals surface area contributed by atoms with Gasteiger partial charge in [-0.25, -0.2) is 13.6 Å². The number of hydrogen-bond acceptors (Lipinski definition) is 8. The molecule has 1 amide bonds. The van der Waals surface area contributed by atoms with Crippen molar-refractivity contribution in [1.29, 1.82) is 5.26 Å². The van der Waals surface area contributed by atoms with E-state index in [4.69, 9.17) is 4.74 Å². The highest BCUT2D eigenvalue weighted by molar-refractivity contribution is 9.10. The Morgan fingerprint density at radius 3 is 2.70 bits per heavy atom. The molecule has 1 atom stereocenters. The molecule has 1 aromatic carbocycles. The molecule has 0 fully saturated rings. The number of carbonyl (C=O) groups is 1. The zero-order chi connectivity index (χ0) is 29.1. The number of amides is 1. The van der Waals surface area contributed by atoms with E-state index < -0.39 is 34.5 Å². The van der Waals surface area contributed by atoms with Gasteiger partial charge in [0.2, 0.25) is 5.75 Å². The SMILES string of the molecule is C[C@@H](Oc1cc(Br)cnc1[N+](=O)[O-])c1cc(F)cc(F)c1-c1ncccc1Cc1cc(C#N)nn1C(=O)N(C)C. The first kappa shape index (κ1) is 28.2. The molecule has 0 saturated heterocycles. The lowest BCUT2D eigenvalue weighted by Gasteiger charge is -2.20. The summed E-state index contributed by atoms with van der Waals surface area (Å²) in [6.45, 7) is 1.48. The van der Waals surface area contributed by atoms with Crippen molar-refractivity contribution in [1.82, 2.24) is 24.6 Å². The number of ether oxygens (including phenoxy) is 1. The summed E-state index contributed by atoms with van der Waals surface area (Å²) in [5.74, 6) is -2.61. The summed E-state index contributed by atoms with van der Waals surface area (Å²) >= 11 is 3.19. The number of carbonyl (C=O) groups excluding carboxylic acids is 1. The maximum absolute atomic E-state index is 15.5. The van der Waals surface area contributed by atoms with Crippen LogP contribution in [0.1, 0.15) is 35.5 Å². The average molecular weight is 612 g/mol. The number of halogens is 3. The Bertz CT molecular complexity index is 1670. The van der Waals surface area contributed by atoms with Gasteiger partial charge >= 0.3 is 11.8 Å². The molecule has 0 aliphatic carbocycles. The monoisotopic (exact) mass is 611 g/mol. The normalized spacial score (nSPS) is 11.5. The third-order valence-corrected chi connectivity index (χ3v) is 6.19. The molecule has 0 radical (unpaired) electrons. The number of nitrogens with zero attached hydrogens (tertiary/aromatic N) is 7. The molecule has 0 bridgehead atoms. The number of aromatic nitrogens is 4. The van der Waals surface area contributed by atoms with Crippen molar-refractivity contribution in [2.24, 2.45) is 0 Å². The zero-order valence-electron chi connectivity index (χ0n) is 21.3. The Labute approximate surface area is 234 Å². The number of hydrogen-bond donors (Lipinski definition) is 0. The van der Waals surface area contributed by atoms with Crippen LogP contribution >= 0.6 is 15.9 Å². The van der Waals surface area contributed by atoms with Gasteiger partial charge in [-0.1, -0.05) is 6.07 Å². The molecule has 0 unspecified atom stereocenters. The van der Waals surface area contributed by atoms with Gasteiger partial charge < -0.3 is 19.8 Å². The second kappa shape index (κ2) is 11.5. The van der Waals surface area contributed by atoms with Crippen LogP contribution in [0.25, 0.3) is 11.3 Å². The molecule has 0 N–H and O–H groups in total. The van der Waals surface area contributed by atoms with Crippen LogP contribution < -0.4 is 4.74 Å². The van der Waals surface area contributed by atoms with E-state index in [-0.39, 0.29) is 34.7 Å². The van der Waals surface area contributed by atoms with Crippen LogP contribution in [0.3, 0.4) is 0 Å². The first-order chi connectivity index (χ1) is 19.0. The van der Waals surface area contributed by atoms with Crippen molar-refractivity contribution in [3.63, 3.8) is 0 Å². The van der Waals surface area contributed by atoms with Gasteiger partial charge in [-0.05, 0) is 56.5 Å². The van der Waals surface area contributed by atoms with Gasteiger partial charge in [-0.15, -0.1) is 0 Å². The van der Waals surface area contributed by atoms with Crippen LogP contribution in [-0.4, -0.2) is 49.7 Å². The predicted octanol–water partition coefficient (Wildman–Crippen LogP) is 5.42. The summed E-state index contributed by atoms with van der Waals surface area (Å²) in [5.41, 5.74) is 0.844. The molecule has 0 aliphatic heterocycles. The van der Waals surface area contributed by atoms with E-state index in [2.05, 4.69) is 31.0 Å². The van der Waals surface area contributed by atoms with E-state index in [9.17, 15) is 24.6 Å². The van der Waals surface area contributed by atoms with Gasteiger partial charge in [-0.2, -0.15) is 15.0 Å². The number of nitro groups is 1. The third-order valence-electron chi connectivity index (χ3n) is 5.76. The minimum absolute atomic E-state index is 0.00976. The van der Waals surface area contributed by atoms with Crippen LogP contribution in [0.4, 0.5) is 19.4 Å². The van der Waals surface area contributed by atoms with Gasteiger partial charge in [0.05, 0.1) is 15.9 Å². The van der Waals surface area contributed by atoms with E-state index in [1.165, 1.54) is 50.4 Å². The lowest BCUT2D eigenvalue weighted by molar-refractivity contribution is -0.390. The van der Waals surface area contributed by atoms with Crippen LogP contribution in [0.2, 0.25) is 0 Å². The molecule has 40 heavy (non-hydrogen) atoms. The summed E-state index contributed by atoms with van der Waals surface area (Å²) in [4.78, 5) is 32.8.